The van der Waals surface area contributed by atoms with Crippen molar-refractivity contribution in [3.8, 4) is 21.7 Å². The van der Waals surface area contributed by atoms with E-state index in [1.807, 2.05) is 36.5 Å². The molecule has 0 unspecified atom stereocenters. The summed E-state index contributed by atoms with van der Waals surface area (Å²) >= 11 is 5.11. The zero-order valence-electron chi connectivity index (χ0n) is 14.8. The molecule has 0 aliphatic heterocycles. The minimum absolute atomic E-state index is 0.754. The Balaban J connectivity index is 1.76. The number of aryl methyl sites for hydroxylation is 1. The van der Waals surface area contributed by atoms with E-state index >= 15 is 0 Å². The fraction of sp³-hybridized carbons (Fsp3) is 0.0435. The average molecular weight is 433 g/mol. The summed E-state index contributed by atoms with van der Waals surface area (Å²) < 4.78 is 1.04. The third kappa shape index (κ3) is 4.24. The Labute approximate surface area is 171 Å². The largest absolute Gasteiger partial charge is 0.227 e. The topological polar surface area (TPSA) is 25.2 Å². The van der Waals surface area contributed by atoms with Crippen LogP contribution in [0, 0.1) is 6.92 Å². The SMILES string of the molecule is Cc1ccc(-c2nc(N=Cc3cccc(Br)c3)sc2-c2ccccc2)cc1. The zero-order chi connectivity index (χ0) is 18.6. The number of thiazole rings is 1. The second-order valence-corrected chi connectivity index (χ2v) is 8.11. The molecule has 0 N–H and O–H groups in total. The van der Waals surface area contributed by atoms with Gasteiger partial charge < -0.3 is 0 Å². The lowest BCUT2D eigenvalue weighted by Crippen LogP contribution is -1.82. The van der Waals surface area contributed by atoms with E-state index in [1.165, 1.54) is 5.56 Å². The molecule has 27 heavy (non-hydrogen) atoms. The molecule has 0 spiro atoms. The molecule has 0 aliphatic carbocycles. The first-order chi connectivity index (χ1) is 13.2. The van der Waals surface area contributed by atoms with Crippen molar-refractivity contribution in [2.24, 2.45) is 4.99 Å². The molecular weight excluding hydrogens is 416 g/mol. The second-order valence-electron chi connectivity index (χ2n) is 6.22. The van der Waals surface area contributed by atoms with Crippen molar-refractivity contribution < 1.29 is 0 Å². The highest BCUT2D eigenvalue weighted by atomic mass is 79.9. The summed E-state index contributed by atoms with van der Waals surface area (Å²) in [6.07, 6.45) is 1.86. The minimum Gasteiger partial charge on any atom is -0.227 e. The molecule has 4 rings (SSSR count). The van der Waals surface area contributed by atoms with E-state index in [9.17, 15) is 0 Å². The number of halogens is 1. The lowest BCUT2D eigenvalue weighted by atomic mass is 10.1. The summed E-state index contributed by atoms with van der Waals surface area (Å²) in [6.45, 7) is 2.09. The number of hydrogen-bond acceptors (Lipinski definition) is 3. The number of nitrogens with zero attached hydrogens (tertiary/aromatic N) is 2. The maximum absolute atomic E-state index is 4.83. The summed E-state index contributed by atoms with van der Waals surface area (Å²) in [5.74, 6) is 0. The number of aromatic nitrogens is 1. The van der Waals surface area contributed by atoms with Crippen LogP contribution in [0.3, 0.4) is 0 Å². The van der Waals surface area contributed by atoms with Gasteiger partial charge in [0.1, 0.15) is 0 Å². The van der Waals surface area contributed by atoms with Crippen LogP contribution in [0.15, 0.2) is 88.3 Å². The van der Waals surface area contributed by atoms with E-state index in [0.29, 0.717) is 0 Å². The van der Waals surface area contributed by atoms with E-state index in [1.54, 1.807) is 11.3 Å². The predicted molar refractivity (Wildman–Crippen MR) is 119 cm³/mol. The Morgan fingerprint density at radius 1 is 0.889 bits per heavy atom. The van der Waals surface area contributed by atoms with Gasteiger partial charge in [-0.1, -0.05) is 99.6 Å². The summed E-state index contributed by atoms with van der Waals surface area (Å²) in [5.41, 5.74) is 5.53. The van der Waals surface area contributed by atoms with Crippen LogP contribution < -0.4 is 0 Å². The average Bonchev–Trinajstić information content (AvgIpc) is 3.12. The van der Waals surface area contributed by atoms with Crippen molar-refractivity contribution in [2.45, 2.75) is 6.92 Å². The Hall–Kier alpha value is -2.56. The molecule has 0 amide bonds. The molecule has 0 bridgehead atoms. The van der Waals surface area contributed by atoms with Crippen LogP contribution in [0.4, 0.5) is 5.13 Å². The molecule has 0 saturated carbocycles. The van der Waals surface area contributed by atoms with Crippen molar-refractivity contribution in [3.05, 3.63) is 94.5 Å². The predicted octanol–water partition coefficient (Wildman–Crippen LogP) is 7.30. The van der Waals surface area contributed by atoms with Gasteiger partial charge in [0.15, 0.2) is 0 Å². The summed E-state index contributed by atoms with van der Waals surface area (Å²) in [6, 6.07) is 26.9. The van der Waals surface area contributed by atoms with E-state index in [4.69, 9.17) is 4.98 Å². The van der Waals surface area contributed by atoms with Crippen LogP contribution in [0.25, 0.3) is 21.7 Å². The van der Waals surface area contributed by atoms with Gasteiger partial charge in [-0.2, -0.15) is 0 Å². The molecule has 2 nitrogen and oxygen atoms in total. The fourth-order valence-corrected chi connectivity index (χ4v) is 4.13. The number of aliphatic imine (C=N–C) groups is 1. The maximum Gasteiger partial charge on any atom is 0.210 e. The van der Waals surface area contributed by atoms with Crippen molar-refractivity contribution in [2.75, 3.05) is 0 Å². The summed E-state index contributed by atoms with van der Waals surface area (Å²) in [4.78, 5) is 10.6. The standard InChI is InChI=1S/C23H17BrN2S/c1-16-10-12-18(13-11-16)21-22(19-7-3-2-4-8-19)27-23(26-21)25-15-17-6-5-9-20(24)14-17/h2-15H,1H3. The first kappa shape index (κ1) is 17.8. The molecule has 3 aromatic carbocycles. The molecule has 0 saturated heterocycles. The highest BCUT2D eigenvalue weighted by Crippen LogP contribution is 2.40. The van der Waals surface area contributed by atoms with Gasteiger partial charge in [0, 0.05) is 16.3 Å². The maximum atomic E-state index is 4.83. The Kier molecular flexibility index (Phi) is 5.28. The van der Waals surface area contributed by atoms with Crippen LogP contribution in [-0.2, 0) is 0 Å². The quantitative estimate of drug-likeness (QED) is 0.310. The van der Waals surface area contributed by atoms with Gasteiger partial charge >= 0.3 is 0 Å². The van der Waals surface area contributed by atoms with Crippen LogP contribution in [0.5, 0.6) is 0 Å². The molecule has 4 aromatic rings. The lowest BCUT2D eigenvalue weighted by Gasteiger charge is -2.03. The molecule has 1 heterocycles. The van der Waals surface area contributed by atoms with Crippen molar-refractivity contribution >= 4 is 38.6 Å². The van der Waals surface area contributed by atoms with Crippen molar-refractivity contribution in [1.82, 2.24) is 4.98 Å². The summed E-state index contributed by atoms with van der Waals surface area (Å²) in [5, 5.41) is 0.754. The zero-order valence-corrected chi connectivity index (χ0v) is 17.2. The number of benzene rings is 3. The van der Waals surface area contributed by atoms with Gasteiger partial charge in [-0.05, 0) is 30.2 Å². The first-order valence-corrected chi connectivity index (χ1v) is 10.2. The smallest absolute Gasteiger partial charge is 0.210 e. The Bertz CT molecular complexity index is 1080. The van der Waals surface area contributed by atoms with Gasteiger partial charge in [-0.3, -0.25) is 0 Å². The Morgan fingerprint density at radius 2 is 1.67 bits per heavy atom. The van der Waals surface area contributed by atoms with Crippen LogP contribution in [0.1, 0.15) is 11.1 Å². The molecule has 0 fully saturated rings. The number of hydrogen-bond donors (Lipinski definition) is 0. The monoisotopic (exact) mass is 432 g/mol. The molecule has 1 aromatic heterocycles. The van der Waals surface area contributed by atoms with E-state index < -0.39 is 0 Å². The minimum atomic E-state index is 0.754. The first-order valence-electron chi connectivity index (χ1n) is 8.62. The van der Waals surface area contributed by atoms with Crippen molar-refractivity contribution in [1.29, 1.82) is 0 Å². The molecule has 0 atom stereocenters. The molecule has 0 radical (unpaired) electrons. The summed E-state index contributed by atoms with van der Waals surface area (Å²) in [7, 11) is 0. The van der Waals surface area contributed by atoms with E-state index in [-0.39, 0.29) is 0 Å². The van der Waals surface area contributed by atoms with Gasteiger partial charge in [0.05, 0.1) is 10.6 Å². The normalized spacial score (nSPS) is 11.2. The third-order valence-electron chi connectivity index (χ3n) is 4.15. The second kappa shape index (κ2) is 7.99. The molecule has 132 valence electrons. The third-order valence-corrected chi connectivity index (χ3v) is 5.66. The van der Waals surface area contributed by atoms with Crippen LogP contribution in [0.2, 0.25) is 0 Å². The van der Waals surface area contributed by atoms with Gasteiger partial charge in [0.25, 0.3) is 0 Å². The number of rotatable bonds is 4. The highest BCUT2D eigenvalue weighted by Gasteiger charge is 2.14. The Morgan fingerprint density at radius 3 is 2.41 bits per heavy atom. The van der Waals surface area contributed by atoms with E-state index in [0.717, 1.165) is 36.9 Å². The van der Waals surface area contributed by atoms with E-state index in [2.05, 4.69) is 76.4 Å². The fourth-order valence-electron chi connectivity index (χ4n) is 2.77. The van der Waals surface area contributed by atoms with Crippen LogP contribution >= 0.6 is 27.3 Å². The van der Waals surface area contributed by atoms with Crippen molar-refractivity contribution in [3.63, 3.8) is 0 Å². The van der Waals surface area contributed by atoms with Gasteiger partial charge in [-0.15, -0.1) is 0 Å². The molecule has 0 aliphatic rings. The van der Waals surface area contributed by atoms with Gasteiger partial charge in [-0.25, -0.2) is 9.98 Å². The molecular formula is C23H17BrN2S. The van der Waals surface area contributed by atoms with Crippen LogP contribution in [-0.4, -0.2) is 11.2 Å². The highest BCUT2D eigenvalue weighted by molar-refractivity contribution is 9.10. The lowest BCUT2D eigenvalue weighted by molar-refractivity contribution is 1.35. The molecule has 4 heteroatoms. The van der Waals surface area contributed by atoms with Gasteiger partial charge in [0.2, 0.25) is 5.13 Å².